The highest BCUT2D eigenvalue weighted by molar-refractivity contribution is 9.10. The van der Waals surface area contributed by atoms with Gasteiger partial charge in [-0.3, -0.25) is 4.79 Å². The van der Waals surface area contributed by atoms with E-state index in [-0.39, 0.29) is 11.6 Å². The molecule has 0 N–H and O–H groups in total. The van der Waals surface area contributed by atoms with Gasteiger partial charge in [-0.25, -0.2) is 4.39 Å². The average Bonchev–Trinajstić information content (AvgIpc) is 2.68. The van der Waals surface area contributed by atoms with E-state index in [0.717, 1.165) is 14.9 Å². The number of rotatable bonds is 4. The Hall–Kier alpha value is -1.00. The number of carbonyl (C=O) groups excluding carboxylic acids is 1. The van der Waals surface area contributed by atoms with Gasteiger partial charge in [0.1, 0.15) is 11.6 Å². The first kappa shape index (κ1) is 12.5. The van der Waals surface area contributed by atoms with Gasteiger partial charge in [0.05, 0.1) is 0 Å². The van der Waals surface area contributed by atoms with Crippen LogP contribution in [0.5, 0.6) is 0 Å². The lowest BCUT2D eigenvalue weighted by Gasteiger charge is -2.00. The third-order valence-corrected chi connectivity index (χ3v) is 4.29. The van der Waals surface area contributed by atoms with Crippen LogP contribution in [0.1, 0.15) is 10.4 Å². The van der Waals surface area contributed by atoms with Crippen molar-refractivity contribution in [2.45, 2.75) is 12.8 Å². The standard InChI is InChI=1S/C13H10BrFOS/c14-12-5-6-17-13(12)8-11(16)7-9-1-3-10(15)4-2-9/h1-6H,7-8H2. The molecule has 0 saturated heterocycles. The monoisotopic (exact) mass is 312 g/mol. The highest BCUT2D eigenvalue weighted by atomic mass is 79.9. The fourth-order valence-corrected chi connectivity index (χ4v) is 3.04. The summed E-state index contributed by atoms with van der Waals surface area (Å²) in [6, 6.07) is 7.99. The molecule has 0 aliphatic rings. The van der Waals surface area contributed by atoms with Crippen molar-refractivity contribution >= 4 is 33.0 Å². The van der Waals surface area contributed by atoms with E-state index in [9.17, 15) is 9.18 Å². The van der Waals surface area contributed by atoms with Crippen LogP contribution < -0.4 is 0 Å². The SMILES string of the molecule is O=C(Cc1ccc(F)cc1)Cc1sccc1Br. The normalized spacial score (nSPS) is 10.5. The summed E-state index contributed by atoms with van der Waals surface area (Å²) in [5, 5.41) is 1.95. The van der Waals surface area contributed by atoms with Gasteiger partial charge in [-0.15, -0.1) is 11.3 Å². The predicted molar refractivity (Wildman–Crippen MR) is 70.8 cm³/mol. The molecule has 1 heterocycles. The maximum absolute atomic E-state index is 12.7. The number of thiophene rings is 1. The number of hydrogen-bond acceptors (Lipinski definition) is 2. The highest BCUT2D eigenvalue weighted by Gasteiger charge is 2.09. The molecule has 1 aromatic carbocycles. The summed E-state index contributed by atoms with van der Waals surface area (Å²) in [4.78, 5) is 12.8. The minimum Gasteiger partial charge on any atom is -0.299 e. The molecule has 0 aliphatic carbocycles. The molecule has 2 rings (SSSR count). The summed E-state index contributed by atoms with van der Waals surface area (Å²) in [6.45, 7) is 0. The fourth-order valence-electron chi connectivity index (χ4n) is 1.52. The average molecular weight is 313 g/mol. The molecule has 2 aromatic rings. The van der Waals surface area contributed by atoms with E-state index < -0.39 is 0 Å². The van der Waals surface area contributed by atoms with Gasteiger partial charge in [-0.05, 0) is 45.1 Å². The molecule has 0 amide bonds. The molecule has 0 spiro atoms. The zero-order chi connectivity index (χ0) is 12.3. The van der Waals surface area contributed by atoms with Crippen molar-refractivity contribution < 1.29 is 9.18 Å². The molecule has 17 heavy (non-hydrogen) atoms. The lowest BCUT2D eigenvalue weighted by molar-refractivity contribution is -0.117. The zero-order valence-corrected chi connectivity index (χ0v) is 11.4. The Kier molecular flexibility index (Phi) is 4.07. The lowest BCUT2D eigenvalue weighted by Crippen LogP contribution is -2.05. The molecule has 4 heteroatoms. The van der Waals surface area contributed by atoms with Crippen LogP contribution in [0.2, 0.25) is 0 Å². The van der Waals surface area contributed by atoms with E-state index in [1.165, 1.54) is 12.1 Å². The maximum Gasteiger partial charge on any atom is 0.142 e. The number of halogens is 2. The van der Waals surface area contributed by atoms with Gasteiger partial charge in [-0.2, -0.15) is 0 Å². The van der Waals surface area contributed by atoms with E-state index in [4.69, 9.17) is 0 Å². The molecular formula is C13H10BrFOS. The van der Waals surface area contributed by atoms with Crippen LogP contribution in [0.4, 0.5) is 4.39 Å². The largest absolute Gasteiger partial charge is 0.299 e. The molecule has 0 aliphatic heterocycles. The lowest BCUT2D eigenvalue weighted by atomic mass is 10.1. The second kappa shape index (κ2) is 5.56. The van der Waals surface area contributed by atoms with Gasteiger partial charge in [0, 0.05) is 22.2 Å². The summed E-state index contributed by atoms with van der Waals surface area (Å²) >= 11 is 4.96. The van der Waals surface area contributed by atoms with E-state index in [1.807, 2.05) is 11.4 Å². The number of Topliss-reactive ketones (excluding diaryl/α,β-unsaturated/α-hetero) is 1. The summed E-state index contributed by atoms with van der Waals surface area (Å²) in [5.41, 5.74) is 0.851. The topological polar surface area (TPSA) is 17.1 Å². The van der Waals surface area contributed by atoms with Crippen LogP contribution in [0.15, 0.2) is 40.2 Å². The quantitative estimate of drug-likeness (QED) is 0.834. The molecule has 0 saturated carbocycles. The predicted octanol–water partition coefficient (Wildman–Crippen LogP) is 4.00. The second-order valence-corrected chi connectivity index (χ2v) is 5.57. The molecule has 88 valence electrons. The third-order valence-electron chi connectivity index (χ3n) is 2.36. The van der Waals surface area contributed by atoms with Gasteiger partial charge in [0.2, 0.25) is 0 Å². The van der Waals surface area contributed by atoms with Crippen molar-refractivity contribution in [3.8, 4) is 0 Å². The molecule has 0 atom stereocenters. The van der Waals surface area contributed by atoms with E-state index in [2.05, 4.69) is 15.9 Å². The van der Waals surface area contributed by atoms with Crippen molar-refractivity contribution in [3.63, 3.8) is 0 Å². The summed E-state index contributed by atoms with van der Waals surface area (Å²) in [5.74, 6) is -0.137. The van der Waals surface area contributed by atoms with Gasteiger partial charge in [0.25, 0.3) is 0 Å². The first-order chi connectivity index (χ1) is 8.15. The first-order valence-electron chi connectivity index (χ1n) is 5.13. The van der Waals surface area contributed by atoms with Crippen molar-refractivity contribution in [2.75, 3.05) is 0 Å². The zero-order valence-electron chi connectivity index (χ0n) is 8.95. The van der Waals surface area contributed by atoms with Crippen LogP contribution in [-0.4, -0.2) is 5.78 Å². The van der Waals surface area contributed by atoms with Crippen LogP contribution in [0.25, 0.3) is 0 Å². The second-order valence-electron chi connectivity index (χ2n) is 3.71. The number of ketones is 1. The molecule has 0 fully saturated rings. The Morgan fingerprint density at radius 2 is 1.88 bits per heavy atom. The fraction of sp³-hybridized carbons (Fsp3) is 0.154. The van der Waals surface area contributed by atoms with Gasteiger partial charge in [0.15, 0.2) is 0 Å². The van der Waals surface area contributed by atoms with Gasteiger partial charge < -0.3 is 0 Å². The Balaban J connectivity index is 1.98. The minimum atomic E-state index is -0.276. The number of benzene rings is 1. The van der Waals surface area contributed by atoms with Crippen molar-refractivity contribution in [2.24, 2.45) is 0 Å². The van der Waals surface area contributed by atoms with E-state index in [1.54, 1.807) is 23.5 Å². The number of carbonyl (C=O) groups is 1. The third kappa shape index (κ3) is 3.48. The molecule has 1 nitrogen and oxygen atoms in total. The maximum atomic E-state index is 12.7. The summed E-state index contributed by atoms with van der Waals surface area (Å²) < 4.78 is 13.7. The van der Waals surface area contributed by atoms with Gasteiger partial charge in [-0.1, -0.05) is 12.1 Å². The van der Waals surface area contributed by atoms with Crippen LogP contribution in [0.3, 0.4) is 0 Å². The summed E-state index contributed by atoms with van der Waals surface area (Å²) in [7, 11) is 0. The van der Waals surface area contributed by atoms with Crippen molar-refractivity contribution in [3.05, 3.63) is 56.4 Å². The van der Waals surface area contributed by atoms with E-state index >= 15 is 0 Å². The van der Waals surface area contributed by atoms with Crippen molar-refractivity contribution in [1.82, 2.24) is 0 Å². The van der Waals surface area contributed by atoms with Crippen LogP contribution in [-0.2, 0) is 17.6 Å². The molecule has 0 radical (unpaired) electrons. The number of hydrogen-bond donors (Lipinski definition) is 0. The smallest absolute Gasteiger partial charge is 0.142 e. The molecule has 0 bridgehead atoms. The Morgan fingerprint density at radius 3 is 2.47 bits per heavy atom. The Labute approximate surface area is 111 Å². The Morgan fingerprint density at radius 1 is 1.18 bits per heavy atom. The molecule has 1 aromatic heterocycles. The van der Waals surface area contributed by atoms with Crippen LogP contribution >= 0.6 is 27.3 Å². The van der Waals surface area contributed by atoms with E-state index in [0.29, 0.717) is 12.8 Å². The highest BCUT2D eigenvalue weighted by Crippen LogP contribution is 2.23. The molecule has 0 unspecified atom stereocenters. The first-order valence-corrected chi connectivity index (χ1v) is 6.80. The minimum absolute atomic E-state index is 0.139. The Bertz CT molecular complexity index is 518. The van der Waals surface area contributed by atoms with Gasteiger partial charge >= 0.3 is 0 Å². The molecular weight excluding hydrogens is 303 g/mol. The van der Waals surface area contributed by atoms with Crippen LogP contribution in [0, 0.1) is 5.82 Å². The summed E-state index contributed by atoms with van der Waals surface area (Å²) in [6.07, 6.45) is 0.778. The van der Waals surface area contributed by atoms with Crippen molar-refractivity contribution in [1.29, 1.82) is 0 Å².